The quantitative estimate of drug-likeness (QED) is 0.798. The average Bonchev–Trinajstić information content (AvgIpc) is 2.43. The molecule has 0 aromatic heterocycles. The van der Waals surface area contributed by atoms with Crippen LogP contribution in [0.5, 0.6) is 0 Å². The lowest BCUT2D eigenvalue weighted by Gasteiger charge is -2.31. The van der Waals surface area contributed by atoms with Crippen molar-refractivity contribution in [1.29, 1.82) is 5.26 Å². The second-order valence-corrected chi connectivity index (χ2v) is 6.57. The van der Waals surface area contributed by atoms with Crippen molar-refractivity contribution >= 4 is 15.9 Å². The van der Waals surface area contributed by atoms with Gasteiger partial charge < -0.3 is 4.90 Å². The molecule has 1 amide bonds. The highest BCUT2D eigenvalue weighted by Gasteiger charge is 2.31. The molecule has 0 atom stereocenters. The number of hydrogen-bond acceptors (Lipinski definition) is 4. The van der Waals surface area contributed by atoms with Gasteiger partial charge in [0.1, 0.15) is 0 Å². The minimum atomic E-state index is -3.65. The zero-order valence-electron chi connectivity index (χ0n) is 11.1. The topological polar surface area (TPSA) is 81.5 Å². The van der Waals surface area contributed by atoms with E-state index >= 15 is 0 Å². The molecule has 1 aromatic rings. The Kier molecular flexibility index (Phi) is 4.06. The molecule has 1 aliphatic rings. The van der Waals surface area contributed by atoms with Crippen LogP contribution in [0.4, 0.5) is 0 Å². The molecule has 1 saturated heterocycles. The molecule has 1 aliphatic heterocycles. The maximum atomic E-state index is 12.4. The van der Waals surface area contributed by atoms with E-state index in [1.165, 1.54) is 21.3 Å². The van der Waals surface area contributed by atoms with E-state index in [1.807, 2.05) is 6.07 Å². The fourth-order valence-electron chi connectivity index (χ4n) is 1.96. The number of amides is 1. The van der Waals surface area contributed by atoms with Crippen molar-refractivity contribution in [3.8, 4) is 6.07 Å². The molecule has 0 bridgehead atoms. The fraction of sp³-hybridized carbons (Fsp3) is 0.385. The van der Waals surface area contributed by atoms with Gasteiger partial charge in [-0.15, -0.1) is 0 Å². The van der Waals surface area contributed by atoms with E-state index in [-0.39, 0.29) is 23.8 Å². The highest BCUT2D eigenvalue weighted by atomic mass is 32.2. The van der Waals surface area contributed by atoms with E-state index in [9.17, 15) is 13.2 Å². The summed E-state index contributed by atoms with van der Waals surface area (Å²) in [5.74, 6) is -0.207. The highest BCUT2D eigenvalue weighted by Crippen LogP contribution is 2.18. The summed E-state index contributed by atoms with van der Waals surface area (Å²) in [4.78, 5) is 13.3. The number of piperazine rings is 1. The first-order valence-corrected chi connectivity index (χ1v) is 7.59. The third kappa shape index (κ3) is 2.81. The molecule has 6 nitrogen and oxygen atoms in total. The van der Waals surface area contributed by atoms with Gasteiger partial charge >= 0.3 is 0 Å². The number of carbonyl (C=O) groups is 1. The Morgan fingerprint density at radius 3 is 2.45 bits per heavy atom. The molecule has 0 unspecified atom stereocenters. The highest BCUT2D eigenvalue weighted by molar-refractivity contribution is 7.89. The molecule has 20 heavy (non-hydrogen) atoms. The Balaban J connectivity index is 2.22. The maximum absolute atomic E-state index is 12.4. The fourth-order valence-corrected chi connectivity index (χ4v) is 3.34. The van der Waals surface area contributed by atoms with Gasteiger partial charge in [0.05, 0.1) is 23.9 Å². The minimum Gasteiger partial charge on any atom is -0.343 e. The van der Waals surface area contributed by atoms with E-state index in [2.05, 4.69) is 0 Å². The number of carbonyl (C=O) groups excluding carboxylic acids is 1. The van der Waals surface area contributed by atoms with Gasteiger partial charge in [0.25, 0.3) is 0 Å². The zero-order chi connectivity index (χ0) is 14.8. The van der Waals surface area contributed by atoms with E-state index in [0.29, 0.717) is 13.1 Å². The summed E-state index contributed by atoms with van der Waals surface area (Å²) in [5, 5.41) is 8.59. The summed E-state index contributed by atoms with van der Waals surface area (Å²) >= 11 is 0. The molecule has 106 valence electrons. The molecule has 2 rings (SSSR count). The van der Waals surface area contributed by atoms with E-state index in [1.54, 1.807) is 19.2 Å². The number of hydrogen-bond donors (Lipinski definition) is 0. The predicted octanol–water partition coefficient (Wildman–Crippen LogP) is 0.215. The number of sulfonamides is 1. The van der Waals surface area contributed by atoms with Crippen molar-refractivity contribution in [2.75, 3.05) is 26.7 Å². The molecule has 0 aliphatic carbocycles. The number of rotatable bonds is 3. The standard InChI is InChI=1S/C13H15N3O3S/c1-15-8-9-16(10-13(15)17)20(18,19)12-4-2-11(3-5-12)6-7-14/h2-5H,6,8-10H2,1H3. The Bertz CT molecular complexity index is 646. The molecule has 0 spiro atoms. The SMILES string of the molecule is CN1CCN(S(=O)(=O)c2ccc(CC#N)cc2)CC1=O. The van der Waals surface area contributed by atoms with Crippen LogP contribution in [0.15, 0.2) is 29.2 Å². The Morgan fingerprint density at radius 1 is 1.25 bits per heavy atom. The third-order valence-electron chi connectivity index (χ3n) is 3.27. The van der Waals surface area contributed by atoms with Crippen molar-refractivity contribution in [3.63, 3.8) is 0 Å². The van der Waals surface area contributed by atoms with Crippen LogP contribution in [-0.2, 0) is 21.2 Å². The number of benzene rings is 1. The third-order valence-corrected chi connectivity index (χ3v) is 5.13. The lowest BCUT2D eigenvalue weighted by atomic mass is 10.2. The first-order valence-electron chi connectivity index (χ1n) is 6.15. The van der Waals surface area contributed by atoms with Crippen molar-refractivity contribution < 1.29 is 13.2 Å². The lowest BCUT2D eigenvalue weighted by molar-refractivity contribution is -0.132. The van der Waals surface area contributed by atoms with E-state index < -0.39 is 10.0 Å². The van der Waals surface area contributed by atoms with Crippen LogP contribution < -0.4 is 0 Å². The summed E-state index contributed by atoms with van der Waals surface area (Å²) in [7, 11) is -1.99. The number of likely N-dealkylation sites (N-methyl/N-ethyl adjacent to an activating group) is 1. The average molecular weight is 293 g/mol. The van der Waals surface area contributed by atoms with Gasteiger partial charge in [-0.2, -0.15) is 9.57 Å². The summed E-state index contributed by atoms with van der Waals surface area (Å²) in [6, 6.07) is 8.20. The van der Waals surface area contributed by atoms with Crippen LogP contribution in [0.1, 0.15) is 5.56 Å². The second-order valence-electron chi connectivity index (χ2n) is 4.63. The summed E-state index contributed by atoms with van der Waals surface area (Å²) in [5.41, 5.74) is 0.765. The first kappa shape index (κ1) is 14.5. The molecular weight excluding hydrogens is 278 g/mol. The maximum Gasteiger partial charge on any atom is 0.243 e. The molecule has 0 radical (unpaired) electrons. The summed E-state index contributed by atoms with van der Waals surface area (Å²) in [6.07, 6.45) is 0.243. The molecule has 0 saturated carbocycles. The predicted molar refractivity (Wildman–Crippen MR) is 72.2 cm³/mol. The van der Waals surface area contributed by atoms with Crippen molar-refractivity contribution in [2.24, 2.45) is 0 Å². The molecule has 7 heteroatoms. The van der Waals surface area contributed by atoms with Crippen LogP contribution in [-0.4, -0.2) is 50.2 Å². The van der Waals surface area contributed by atoms with E-state index in [4.69, 9.17) is 5.26 Å². The van der Waals surface area contributed by atoms with Crippen LogP contribution in [0, 0.1) is 11.3 Å². The minimum absolute atomic E-state index is 0.126. The Morgan fingerprint density at radius 2 is 1.90 bits per heavy atom. The van der Waals surface area contributed by atoms with Gasteiger partial charge in [-0.05, 0) is 17.7 Å². The summed E-state index contributed by atoms with van der Waals surface area (Å²) < 4.78 is 26.0. The largest absolute Gasteiger partial charge is 0.343 e. The number of nitriles is 1. The lowest BCUT2D eigenvalue weighted by Crippen LogP contribution is -2.50. The summed E-state index contributed by atoms with van der Waals surface area (Å²) in [6.45, 7) is 0.563. The van der Waals surface area contributed by atoms with Crippen LogP contribution in [0.2, 0.25) is 0 Å². The molecule has 1 heterocycles. The molecular formula is C13H15N3O3S. The van der Waals surface area contributed by atoms with Gasteiger partial charge in [-0.1, -0.05) is 12.1 Å². The van der Waals surface area contributed by atoms with Crippen molar-refractivity contribution in [2.45, 2.75) is 11.3 Å². The first-order chi connectivity index (χ1) is 9.45. The Hall–Kier alpha value is -1.91. The smallest absolute Gasteiger partial charge is 0.243 e. The van der Waals surface area contributed by atoms with Crippen LogP contribution in [0.3, 0.4) is 0 Å². The molecule has 1 aromatic carbocycles. The Labute approximate surface area is 118 Å². The van der Waals surface area contributed by atoms with Gasteiger partial charge in [-0.25, -0.2) is 8.42 Å². The number of nitrogens with zero attached hydrogens (tertiary/aromatic N) is 3. The monoisotopic (exact) mass is 293 g/mol. The van der Waals surface area contributed by atoms with Gasteiger partial charge in [-0.3, -0.25) is 4.79 Å². The molecule has 0 N–H and O–H groups in total. The van der Waals surface area contributed by atoms with Gasteiger partial charge in [0.15, 0.2) is 0 Å². The van der Waals surface area contributed by atoms with Gasteiger partial charge in [0.2, 0.25) is 15.9 Å². The normalized spacial score (nSPS) is 17.0. The van der Waals surface area contributed by atoms with Crippen LogP contribution >= 0.6 is 0 Å². The van der Waals surface area contributed by atoms with Gasteiger partial charge in [0, 0.05) is 20.1 Å². The van der Waals surface area contributed by atoms with E-state index in [0.717, 1.165) is 5.56 Å². The van der Waals surface area contributed by atoms with Crippen molar-refractivity contribution in [1.82, 2.24) is 9.21 Å². The van der Waals surface area contributed by atoms with Crippen LogP contribution in [0.25, 0.3) is 0 Å². The zero-order valence-corrected chi connectivity index (χ0v) is 11.9. The second kappa shape index (κ2) is 5.61. The van der Waals surface area contributed by atoms with Crippen molar-refractivity contribution in [3.05, 3.63) is 29.8 Å². The molecule has 1 fully saturated rings.